The Balaban J connectivity index is 1.68. The van der Waals surface area contributed by atoms with E-state index >= 15 is 0 Å². The van der Waals surface area contributed by atoms with Crippen molar-refractivity contribution in [3.63, 3.8) is 0 Å². The van der Waals surface area contributed by atoms with E-state index in [1.807, 2.05) is 37.3 Å². The number of hydroxylamine groups is 1. The molecular weight excluding hydrogens is 381 g/mol. The molecule has 1 N–H and O–H groups in total. The highest BCUT2D eigenvalue weighted by molar-refractivity contribution is 5.81. The Kier molecular flexibility index (Phi) is 5.63. The zero-order valence-corrected chi connectivity index (χ0v) is 17.1. The minimum absolute atomic E-state index is 0.289. The van der Waals surface area contributed by atoms with Crippen molar-refractivity contribution in [3.8, 4) is 5.69 Å². The lowest BCUT2D eigenvalue weighted by Crippen LogP contribution is -2.11. The Hall–Kier alpha value is -3.45. The largest absolute Gasteiger partial charge is 0.328 e. The number of halogens is 1. The van der Waals surface area contributed by atoms with Crippen LogP contribution in [0.1, 0.15) is 30.9 Å². The lowest BCUT2D eigenvalue weighted by molar-refractivity contribution is 0.0901. The highest BCUT2D eigenvalue weighted by Crippen LogP contribution is 2.23. The van der Waals surface area contributed by atoms with E-state index in [0.717, 1.165) is 34.7 Å². The van der Waals surface area contributed by atoms with Crippen molar-refractivity contribution in [2.75, 3.05) is 6.61 Å². The smallest absolute Gasteiger partial charge is 0.125 e. The fourth-order valence-corrected chi connectivity index (χ4v) is 3.54. The maximum atomic E-state index is 13.7. The minimum Gasteiger partial charge on any atom is -0.328 e. The first-order chi connectivity index (χ1) is 14.6. The van der Waals surface area contributed by atoms with Crippen molar-refractivity contribution in [2.45, 2.75) is 26.8 Å². The van der Waals surface area contributed by atoms with Crippen molar-refractivity contribution < 1.29 is 9.23 Å². The number of hydrogen-bond acceptors (Lipinski definition) is 4. The van der Waals surface area contributed by atoms with E-state index in [4.69, 9.17) is 9.82 Å². The van der Waals surface area contributed by atoms with Crippen LogP contribution in [0.15, 0.2) is 61.3 Å². The van der Waals surface area contributed by atoms with E-state index < -0.39 is 0 Å². The van der Waals surface area contributed by atoms with E-state index in [-0.39, 0.29) is 5.82 Å². The number of fused-ring (bicyclic) bond motifs is 1. The third-order valence-electron chi connectivity index (χ3n) is 4.94. The third kappa shape index (κ3) is 3.84. The van der Waals surface area contributed by atoms with Gasteiger partial charge in [-0.05, 0) is 50.2 Å². The van der Waals surface area contributed by atoms with E-state index in [9.17, 15) is 4.39 Å². The van der Waals surface area contributed by atoms with E-state index in [2.05, 4.69) is 28.6 Å². The summed E-state index contributed by atoms with van der Waals surface area (Å²) in [7, 11) is 0. The molecule has 4 aromatic rings. The molecule has 7 heteroatoms. The minimum atomic E-state index is -0.289. The molecule has 0 saturated heterocycles. The summed E-state index contributed by atoms with van der Waals surface area (Å²) in [6.45, 7) is 9.36. The van der Waals surface area contributed by atoms with Gasteiger partial charge in [0.05, 0.1) is 34.7 Å². The zero-order valence-electron chi connectivity index (χ0n) is 17.1. The standard InChI is InChI=1S/C23H24FN5O/c1-4-28-22-10-9-17(16(3)27-30-5-2)13-21(22)26-23(28)15-20-11-12-25-29(20)19-8-6-7-18(24)14-19/h6-14,27H,3-5,15H2,1-2H3. The average Bonchev–Trinajstić information content (AvgIpc) is 3.35. The molecule has 0 saturated carbocycles. The predicted octanol–water partition coefficient (Wildman–Crippen LogP) is 4.48. The zero-order chi connectivity index (χ0) is 21.1. The van der Waals surface area contributed by atoms with Crippen LogP contribution in [0, 0.1) is 5.82 Å². The van der Waals surface area contributed by atoms with E-state index in [1.165, 1.54) is 12.1 Å². The van der Waals surface area contributed by atoms with Crippen molar-refractivity contribution in [1.82, 2.24) is 24.8 Å². The molecule has 4 rings (SSSR count). The Labute approximate surface area is 174 Å². The van der Waals surface area contributed by atoms with Gasteiger partial charge in [0.2, 0.25) is 0 Å². The maximum absolute atomic E-state index is 13.7. The van der Waals surface area contributed by atoms with E-state index in [0.29, 0.717) is 24.4 Å². The van der Waals surface area contributed by atoms with Crippen LogP contribution in [0.3, 0.4) is 0 Å². The number of aryl methyl sites for hydroxylation is 1. The van der Waals surface area contributed by atoms with E-state index in [1.54, 1.807) is 16.9 Å². The molecular formula is C23H24FN5O. The number of aromatic nitrogens is 4. The number of imidazole rings is 1. The van der Waals surface area contributed by atoms with Gasteiger partial charge in [0.1, 0.15) is 11.6 Å². The first kappa shape index (κ1) is 19.8. The Morgan fingerprint density at radius 1 is 1.17 bits per heavy atom. The molecule has 0 spiro atoms. The summed E-state index contributed by atoms with van der Waals surface area (Å²) < 4.78 is 17.6. The normalized spacial score (nSPS) is 11.2. The number of nitrogens with one attached hydrogen (secondary N) is 1. The number of benzene rings is 2. The monoisotopic (exact) mass is 405 g/mol. The average molecular weight is 405 g/mol. The molecule has 2 heterocycles. The number of hydrogen-bond donors (Lipinski definition) is 1. The van der Waals surface area contributed by atoms with Gasteiger partial charge in [-0.3, -0.25) is 10.3 Å². The Bertz CT molecular complexity index is 1190. The highest BCUT2D eigenvalue weighted by Gasteiger charge is 2.14. The summed E-state index contributed by atoms with van der Waals surface area (Å²) in [6.07, 6.45) is 2.30. The van der Waals surface area contributed by atoms with Gasteiger partial charge in [-0.2, -0.15) is 5.10 Å². The molecule has 30 heavy (non-hydrogen) atoms. The molecule has 6 nitrogen and oxygen atoms in total. The van der Waals surface area contributed by atoms with Crippen molar-refractivity contribution in [2.24, 2.45) is 0 Å². The number of rotatable bonds is 8. The summed E-state index contributed by atoms with van der Waals surface area (Å²) in [5.41, 5.74) is 8.03. The fraction of sp³-hybridized carbons (Fsp3) is 0.217. The Morgan fingerprint density at radius 3 is 2.80 bits per heavy atom. The van der Waals surface area contributed by atoms with Gasteiger partial charge in [0.15, 0.2) is 0 Å². The second kappa shape index (κ2) is 8.51. The van der Waals surface area contributed by atoms with Crippen LogP contribution in [0.5, 0.6) is 0 Å². The van der Waals surface area contributed by atoms with Crippen molar-refractivity contribution in [1.29, 1.82) is 0 Å². The van der Waals surface area contributed by atoms with Gasteiger partial charge in [-0.15, -0.1) is 0 Å². The van der Waals surface area contributed by atoms with Crippen LogP contribution in [0.2, 0.25) is 0 Å². The molecule has 2 aromatic heterocycles. The van der Waals surface area contributed by atoms with Crippen LogP contribution in [0.25, 0.3) is 22.4 Å². The van der Waals surface area contributed by atoms with Gasteiger partial charge in [-0.1, -0.05) is 18.7 Å². The molecule has 154 valence electrons. The molecule has 0 aliphatic heterocycles. The lowest BCUT2D eigenvalue weighted by atomic mass is 10.1. The lowest BCUT2D eigenvalue weighted by Gasteiger charge is -2.10. The van der Waals surface area contributed by atoms with Gasteiger partial charge in [-0.25, -0.2) is 14.1 Å². The SMILES string of the molecule is C=C(NOCC)c1ccc2c(c1)nc(Cc1ccnn1-c1cccc(F)c1)n2CC. The molecule has 0 radical (unpaired) electrons. The quantitative estimate of drug-likeness (QED) is 0.439. The summed E-state index contributed by atoms with van der Waals surface area (Å²) in [5.74, 6) is 0.634. The molecule has 0 unspecified atom stereocenters. The van der Waals surface area contributed by atoms with Gasteiger partial charge in [0, 0.05) is 24.7 Å². The van der Waals surface area contributed by atoms with Gasteiger partial charge < -0.3 is 4.57 Å². The topological polar surface area (TPSA) is 56.9 Å². The molecule has 0 amide bonds. The second-order valence-electron chi connectivity index (χ2n) is 6.88. The van der Waals surface area contributed by atoms with Crippen LogP contribution >= 0.6 is 0 Å². The van der Waals surface area contributed by atoms with Crippen molar-refractivity contribution in [3.05, 3.63) is 84.2 Å². The third-order valence-corrected chi connectivity index (χ3v) is 4.94. The molecule has 0 fully saturated rings. The molecule has 0 aliphatic carbocycles. The Morgan fingerprint density at radius 2 is 2.03 bits per heavy atom. The van der Waals surface area contributed by atoms with Crippen LogP contribution < -0.4 is 5.48 Å². The fourth-order valence-electron chi connectivity index (χ4n) is 3.54. The van der Waals surface area contributed by atoms with Gasteiger partial charge in [0.25, 0.3) is 0 Å². The first-order valence-electron chi connectivity index (χ1n) is 9.95. The maximum Gasteiger partial charge on any atom is 0.125 e. The van der Waals surface area contributed by atoms with Crippen LogP contribution in [-0.2, 0) is 17.8 Å². The number of nitrogens with zero attached hydrogens (tertiary/aromatic N) is 4. The summed E-state index contributed by atoms with van der Waals surface area (Å²) in [6, 6.07) is 14.4. The summed E-state index contributed by atoms with van der Waals surface area (Å²) in [5, 5.41) is 4.38. The molecule has 2 aromatic carbocycles. The molecule has 0 atom stereocenters. The highest BCUT2D eigenvalue weighted by atomic mass is 19.1. The predicted molar refractivity (Wildman–Crippen MR) is 116 cm³/mol. The summed E-state index contributed by atoms with van der Waals surface area (Å²) in [4.78, 5) is 10.1. The summed E-state index contributed by atoms with van der Waals surface area (Å²) >= 11 is 0. The van der Waals surface area contributed by atoms with Crippen LogP contribution in [-0.4, -0.2) is 25.9 Å². The second-order valence-corrected chi connectivity index (χ2v) is 6.88. The molecule has 0 aliphatic rings. The van der Waals surface area contributed by atoms with Crippen molar-refractivity contribution >= 4 is 16.7 Å². The first-order valence-corrected chi connectivity index (χ1v) is 9.95. The molecule has 0 bridgehead atoms. The van der Waals surface area contributed by atoms with Gasteiger partial charge >= 0.3 is 0 Å². The van der Waals surface area contributed by atoms with Crippen LogP contribution in [0.4, 0.5) is 4.39 Å².